The van der Waals surface area contributed by atoms with Gasteiger partial charge in [0.15, 0.2) is 0 Å². The molecular formula is C15H9Br2ClFNO. The maximum Gasteiger partial charge on any atom is 0.148 e. The molecule has 0 saturated heterocycles. The van der Waals surface area contributed by atoms with Gasteiger partial charge in [-0.2, -0.15) is 5.26 Å². The van der Waals surface area contributed by atoms with Crippen LogP contribution < -0.4 is 4.74 Å². The van der Waals surface area contributed by atoms with E-state index in [-0.39, 0.29) is 12.2 Å². The first-order valence-electron chi connectivity index (χ1n) is 5.89. The van der Waals surface area contributed by atoms with Gasteiger partial charge in [-0.25, -0.2) is 4.39 Å². The van der Waals surface area contributed by atoms with Crippen LogP contribution in [-0.4, -0.2) is 0 Å². The monoisotopic (exact) mass is 431 g/mol. The van der Waals surface area contributed by atoms with Gasteiger partial charge in [0.05, 0.1) is 20.6 Å². The van der Waals surface area contributed by atoms with E-state index in [1.807, 2.05) is 18.2 Å². The third kappa shape index (κ3) is 4.19. The van der Waals surface area contributed by atoms with E-state index < -0.39 is 5.82 Å². The van der Waals surface area contributed by atoms with Crippen molar-refractivity contribution in [2.75, 3.05) is 0 Å². The van der Waals surface area contributed by atoms with Crippen LogP contribution in [0.5, 0.6) is 5.75 Å². The topological polar surface area (TPSA) is 33.0 Å². The molecule has 2 rings (SSSR count). The van der Waals surface area contributed by atoms with E-state index in [1.165, 1.54) is 12.1 Å². The van der Waals surface area contributed by atoms with Crippen molar-refractivity contribution in [1.29, 1.82) is 5.26 Å². The minimum Gasteiger partial charge on any atom is -0.487 e. The van der Waals surface area contributed by atoms with Crippen molar-refractivity contribution in [1.82, 2.24) is 0 Å². The summed E-state index contributed by atoms with van der Waals surface area (Å²) in [6.45, 7) is 0.157. The van der Waals surface area contributed by atoms with Gasteiger partial charge >= 0.3 is 0 Å². The summed E-state index contributed by atoms with van der Waals surface area (Å²) in [5.41, 5.74) is 1.80. The molecule has 0 bridgehead atoms. The first-order valence-corrected chi connectivity index (χ1v) is 8.01. The predicted molar refractivity (Wildman–Crippen MR) is 86.8 cm³/mol. The number of hydrogen-bond donors (Lipinski definition) is 0. The van der Waals surface area contributed by atoms with Crippen LogP contribution in [0.2, 0.25) is 0 Å². The molecule has 21 heavy (non-hydrogen) atoms. The summed E-state index contributed by atoms with van der Waals surface area (Å²) in [6.07, 6.45) is 0. The smallest absolute Gasteiger partial charge is 0.148 e. The van der Waals surface area contributed by atoms with Gasteiger partial charge in [0.2, 0.25) is 0 Å². The predicted octanol–water partition coefficient (Wildman–Crippen LogP) is 5.54. The summed E-state index contributed by atoms with van der Waals surface area (Å²) in [5.74, 6) is 0.544. The van der Waals surface area contributed by atoms with Crippen LogP contribution in [0, 0.1) is 17.1 Å². The van der Waals surface area contributed by atoms with Gasteiger partial charge in [0.1, 0.15) is 18.2 Å². The summed E-state index contributed by atoms with van der Waals surface area (Å²) in [5, 5.41) is 8.83. The van der Waals surface area contributed by atoms with Crippen molar-refractivity contribution in [2.45, 2.75) is 12.5 Å². The highest BCUT2D eigenvalue weighted by atomic mass is 79.9. The zero-order valence-corrected chi connectivity index (χ0v) is 14.6. The molecule has 0 fully saturated rings. The fraction of sp³-hybridized carbons (Fsp3) is 0.133. The molecule has 0 unspecified atom stereocenters. The molecular weight excluding hydrogens is 424 g/mol. The molecule has 0 spiro atoms. The Morgan fingerprint density at radius 2 is 1.76 bits per heavy atom. The Morgan fingerprint density at radius 3 is 2.33 bits per heavy atom. The summed E-state index contributed by atoms with van der Waals surface area (Å²) < 4.78 is 20.6. The molecule has 2 nitrogen and oxygen atoms in total. The third-order valence-corrected chi connectivity index (χ3v) is 4.17. The molecule has 108 valence electrons. The molecule has 0 aliphatic heterocycles. The van der Waals surface area contributed by atoms with Crippen molar-refractivity contribution in [2.24, 2.45) is 0 Å². The Kier molecular flexibility index (Phi) is 5.63. The van der Waals surface area contributed by atoms with E-state index in [2.05, 4.69) is 31.9 Å². The molecule has 0 aromatic heterocycles. The highest BCUT2D eigenvalue weighted by Gasteiger charge is 2.10. The molecule has 0 amide bonds. The minimum atomic E-state index is -0.455. The summed E-state index contributed by atoms with van der Waals surface area (Å²) >= 11 is 12.6. The van der Waals surface area contributed by atoms with E-state index >= 15 is 0 Å². The normalized spacial score (nSPS) is 10.2. The maximum absolute atomic E-state index is 13.4. The van der Waals surface area contributed by atoms with Gasteiger partial charge in [-0.3, -0.25) is 0 Å². The van der Waals surface area contributed by atoms with Gasteiger partial charge < -0.3 is 4.74 Å². The van der Waals surface area contributed by atoms with Crippen LogP contribution in [0.25, 0.3) is 0 Å². The van der Waals surface area contributed by atoms with Crippen LogP contribution in [0.4, 0.5) is 4.39 Å². The van der Waals surface area contributed by atoms with Crippen molar-refractivity contribution < 1.29 is 9.13 Å². The number of halogens is 4. The average molecular weight is 434 g/mol. The maximum atomic E-state index is 13.4. The van der Waals surface area contributed by atoms with E-state index in [0.29, 0.717) is 17.2 Å². The lowest BCUT2D eigenvalue weighted by molar-refractivity contribution is 0.301. The molecule has 0 aliphatic carbocycles. The van der Waals surface area contributed by atoms with E-state index in [4.69, 9.17) is 21.6 Å². The number of benzene rings is 2. The standard InChI is InChI=1S/C15H9Br2ClFNO/c16-13-4-9(6-18)5-14(17)15(13)21-8-11-1-10(7-20)2-12(19)3-11/h1-5H,6,8H2. The van der Waals surface area contributed by atoms with Gasteiger partial charge in [0.25, 0.3) is 0 Å². The molecule has 0 N–H and O–H groups in total. The number of rotatable bonds is 4. The van der Waals surface area contributed by atoms with Crippen molar-refractivity contribution in [3.63, 3.8) is 0 Å². The molecule has 0 atom stereocenters. The third-order valence-electron chi connectivity index (χ3n) is 2.68. The average Bonchev–Trinajstić information content (AvgIpc) is 2.45. The SMILES string of the molecule is N#Cc1cc(F)cc(COc2c(Br)cc(CCl)cc2Br)c1. The second-order valence-corrected chi connectivity index (χ2v) is 6.25. The molecule has 0 saturated carbocycles. The Hall–Kier alpha value is -1.09. The highest BCUT2D eigenvalue weighted by Crippen LogP contribution is 2.35. The Balaban J connectivity index is 2.21. The fourth-order valence-electron chi connectivity index (χ4n) is 1.78. The Morgan fingerprint density at radius 1 is 1.10 bits per heavy atom. The minimum absolute atomic E-state index is 0.157. The summed E-state index contributed by atoms with van der Waals surface area (Å²) in [7, 11) is 0. The number of hydrogen-bond acceptors (Lipinski definition) is 2. The lowest BCUT2D eigenvalue weighted by Gasteiger charge is -2.12. The van der Waals surface area contributed by atoms with Gasteiger partial charge in [-0.05, 0) is 73.3 Å². The molecule has 2 aromatic carbocycles. The Bertz CT molecular complexity index is 692. The second-order valence-electron chi connectivity index (χ2n) is 4.27. The fourth-order valence-corrected chi connectivity index (χ4v) is 3.45. The van der Waals surface area contributed by atoms with Gasteiger partial charge in [-0.15, -0.1) is 11.6 Å². The summed E-state index contributed by atoms with van der Waals surface area (Å²) in [6, 6.07) is 9.76. The first kappa shape index (κ1) is 16.3. The van der Waals surface area contributed by atoms with Crippen molar-refractivity contribution in [3.8, 4) is 11.8 Å². The van der Waals surface area contributed by atoms with Crippen LogP contribution in [0.1, 0.15) is 16.7 Å². The second kappa shape index (κ2) is 7.26. The van der Waals surface area contributed by atoms with Crippen molar-refractivity contribution in [3.05, 3.63) is 61.8 Å². The van der Waals surface area contributed by atoms with Crippen molar-refractivity contribution >= 4 is 43.5 Å². The van der Waals surface area contributed by atoms with E-state index in [9.17, 15) is 4.39 Å². The van der Waals surface area contributed by atoms with E-state index in [0.717, 1.165) is 14.5 Å². The number of nitriles is 1. The lowest BCUT2D eigenvalue weighted by Crippen LogP contribution is -1.99. The molecule has 0 heterocycles. The number of ether oxygens (including phenoxy) is 1. The molecule has 0 radical (unpaired) electrons. The molecule has 0 aliphatic rings. The molecule has 6 heteroatoms. The van der Waals surface area contributed by atoms with E-state index in [1.54, 1.807) is 6.07 Å². The van der Waals surface area contributed by atoms with Crippen LogP contribution in [0.15, 0.2) is 39.3 Å². The quantitative estimate of drug-likeness (QED) is 0.593. The van der Waals surface area contributed by atoms with Gasteiger partial charge in [-0.1, -0.05) is 0 Å². The van der Waals surface area contributed by atoms with Crippen LogP contribution in [0.3, 0.4) is 0 Å². The number of nitrogens with zero attached hydrogens (tertiary/aromatic N) is 1. The lowest BCUT2D eigenvalue weighted by atomic mass is 10.1. The van der Waals surface area contributed by atoms with Crippen LogP contribution >= 0.6 is 43.5 Å². The largest absolute Gasteiger partial charge is 0.487 e. The highest BCUT2D eigenvalue weighted by molar-refractivity contribution is 9.11. The zero-order valence-electron chi connectivity index (χ0n) is 10.7. The molecule has 2 aromatic rings. The zero-order chi connectivity index (χ0) is 15.4. The van der Waals surface area contributed by atoms with Crippen LogP contribution in [-0.2, 0) is 12.5 Å². The van der Waals surface area contributed by atoms with Gasteiger partial charge in [0, 0.05) is 5.88 Å². The first-order chi connectivity index (χ1) is 10.0. The Labute approximate surface area is 143 Å². The summed E-state index contributed by atoms with van der Waals surface area (Å²) in [4.78, 5) is 0. The number of alkyl halides is 1.